The Kier molecular flexibility index (Phi) is 36.4. The number of hydrogen-bond donors (Lipinski definition) is 4. The number of nitrogens with zero attached hydrogens (tertiary/aromatic N) is 2. The highest BCUT2D eigenvalue weighted by atomic mass is 79.9. The number of Topliss-reactive ketones (excluding diaryl/α,β-unsaturated/α-hetero) is 1. The van der Waals surface area contributed by atoms with E-state index in [1.807, 2.05) is 72.8 Å². The molecular weight excluding hydrogens is 1820 g/mol. The van der Waals surface area contributed by atoms with Crippen molar-refractivity contribution in [3.63, 3.8) is 0 Å². The molecule has 28 heteroatoms. The molecular formula is C99H101Br3N4O21. The number of ketones is 2. The molecule has 10 aromatic carbocycles. The lowest BCUT2D eigenvalue weighted by atomic mass is 10.1. The first kappa shape index (κ1) is 96.4. The SMILES string of the molecule is C1CCNCC1.CC(=O)c1cc(Br)ccc1O.COc1ccc(-c2cc(=O)c3cc(Br)ccc3o2)cc1OC.COc1ccc(-c2cc(=O)c3cc(N4CCCCC4)ccc3o2)cc1OC.COc1ccc(-c2cc(=O)c3cc(N4CCNCC4)ccc3o2)cc1OC.COc1ccc(/C=C/C(=O)c2cc(Br)ccc2O)cc1OC.COc1ccc(C=O)cc1OC. The highest BCUT2D eigenvalue weighted by Crippen LogP contribution is 2.39. The van der Waals surface area contributed by atoms with Crippen LogP contribution in [-0.4, -0.2) is 152 Å². The third kappa shape index (κ3) is 26.4. The lowest BCUT2D eigenvalue weighted by Crippen LogP contribution is -2.43. The van der Waals surface area contributed by atoms with Gasteiger partial charge in [0.05, 0.1) is 98.4 Å². The number of piperidine rings is 2. The Labute approximate surface area is 761 Å². The molecule has 3 aromatic heterocycles. The fourth-order valence-corrected chi connectivity index (χ4v) is 14.8. The summed E-state index contributed by atoms with van der Waals surface area (Å²) in [5.74, 6) is 7.12. The number of aromatic hydroxyl groups is 2. The molecule has 16 rings (SSSR count). The molecule has 3 aliphatic heterocycles. The average molecular weight is 1920 g/mol. The Morgan fingerprint density at radius 2 is 0.693 bits per heavy atom. The second kappa shape index (κ2) is 48.0. The minimum atomic E-state index is -0.284. The summed E-state index contributed by atoms with van der Waals surface area (Å²) in [5.41, 5.74) is 7.90. The highest BCUT2D eigenvalue weighted by molar-refractivity contribution is 9.11. The third-order valence-corrected chi connectivity index (χ3v) is 21.9. The number of allylic oxidation sites excluding steroid dienone is 1. The monoisotopic (exact) mass is 1920 g/mol. The summed E-state index contributed by atoms with van der Waals surface area (Å²) >= 11 is 9.83. The third-order valence-electron chi connectivity index (χ3n) is 20.5. The smallest absolute Gasteiger partial charge is 0.193 e. The molecule has 6 heterocycles. The quantitative estimate of drug-likeness (QED) is 0.0313. The second-order valence-electron chi connectivity index (χ2n) is 28.7. The van der Waals surface area contributed by atoms with Gasteiger partial charge in [0.25, 0.3) is 0 Å². The molecule has 4 N–H and O–H groups in total. The van der Waals surface area contributed by atoms with E-state index >= 15 is 0 Å². The van der Waals surface area contributed by atoms with Crippen molar-refractivity contribution in [1.82, 2.24) is 10.6 Å². The standard InChI is InChI=1S/C22H23NO4.C21H22N2O4.C17H13BrO4.C17H15BrO4.C9H10O3.C8H7BrO2.C5H11N/c1-25-20-8-6-15(12-22(20)26-2)21-14-18(24)17-13-16(7-9-19(17)27-21)23-10-4-3-5-11-23;1-25-19-5-3-14(11-21(19)26-2)20-13-17(24)16-12-15(4-6-18(16)27-20)23-9-7-22-8-10-23;1-20-15-5-3-10(7-17(15)21-2)16-9-13(19)12-8-11(18)4-6-14(12)22-16;1-21-16-8-4-11(9-17(16)22-2)3-6-14(19)13-10-12(18)5-7-15(13)20;1-11-8-4-3-7(6-10)5-9(8)12-2;1-5(10)7-4-6(9)2-3-8(7)11;1-2-4-6-5-3-1/h6-9,12-14H,3-5,10-11H2,1-2H3;3-6,11-13,22H,7-10H2,1-2H3;3-9H,1-2H3;3-10,20H,1-2H3;3-6H,1-2H3;2-4,11H,1H3;6H,1-5H2/b;;;6-3+;;;. The van der Waals surface area contributed by atoms with E-state index in [1.54, 1.807) is 173 Å². The van der Waals surface area contributed by atoms with Crippen LogP contribution in [0.15, 0.2) is 247 Å². The zero-order valence-electron chi connectivity index (χ0n) is 72.4. The van der Waals surface area contributed by atoms with E-state index in [0.29, 0.717) is 119 Å². The zero-order chi connectivity index (χ0) is 91.1. The first-order chi connectivity index (χ1) is 61.5. The molecule has 0 bridgehead atoms. The molecule has 0 radical (unpaired) electrons. The van der Waals surface area contributed by atoms with E-state index in [-0.39, 0.29) is 44.9 Å². The summed E-state index contributed by atoms with van der Waals surface area (Å²) in [6.07, 6.45) is 11.7. The van der Waals surface area contributed by atoms with Crippen molar-refractivity contribution < 1.29 is 85.2 Å². The van der Waals surface area contributed by atoms with Crippen molar-refractivity contribution in [3.8, 4) is 103 Å². The molecule has 0 saturated carbocycles. The molecule has 0 amide bonds. The van der Waals surface area contributed by atoms with Crippen LogP contribution in [0.4, 0.5) is 11.4 Å². The van der Waals surface area contributed by atoms with Crippen LogP contribution in [0.3, 0.4) is 0 Å². The van der Waals surface area contributed by atoms with Gasteiger partial charge in [0, 0.05) is 105 Å². The fraction of sp³-hybridized carbons (Fsp3) is 0.253. The minimum absolute atomic E-state index is 0.0284. The van der Waals surface area contributed by atoms with Crippen LogP contribution in [0.1, 0.15) is 82.1 Å². The van der Waals surface area contributed by atoms with E-state index < -0.39 is 0 Å². The number of hydrogen-bond acceptors (Lipinski definition) is 25. The van der Waals surface area contributed by atoms with E-state index in [1.165, 1.54) is 96.0 Å². The lowest BCUT2D eigenvalue weighted by Gasteiger charge is -2.29. The number of carbonyl (C=O) groups excluding carboxylic acids is 3. The number of aldehydes is 1. The molecule has 25 nitrogen and oxygen atoms in total. The molecule has 3 saturated heterocycles. The molecule has 0 atom stereocenters. The molecule has 0 unspecified atom stereocenters. The predicted molar refractivity (Wildman–Crippen MR) is 508 cm³/mol. The molecule has 3 fully saturated rings. The molecule has 664 valence electrons. The number of piperazine rings is 1. The first-order valence-corrected chi connectivity index (χ1v) is 42.9. The van der Waals surface area contributed by atoms with Crippen LogP contribution in [0, 0.1) is 0 Å². The van der Waals surface area contributed by atoms with Gasteiger partial charge in [-0.3, -0.25) is 28.8 Å². The Morgan fingerprint density at radius 3 is 1.08 bits per heavy atom. The number of carbonyl (C=O) groups is 3. The van der Waals surface area contributed by atoms with Crippen molar-refractivity contribution in [2.45, 2.75) is 45.4 Å². The van der Waals surface area contributed by atoms with E-state index in [0.717, 1.165) is 92.6 Å². The van der Waals surface area contributed by atoms with Crippen molar-refractivity contribution in [3.05, 3.63) is 273 Å². The maximum absolute atomic E-state index is 12.8. The maximum atomic E-state index is 12.8. The molecule has 13 aromatic rings. The summed E-state index contributed by atoms with van der Waals surface area (Å²) in [6, 6.07) is 57.7. The van der Waals surface area contributed by atoms with Crippen LogP contribution >= 0.6 is 47.8 Å². The van der Waals surface area contributed by atoms with Crippen LogP contribution < -0.4 is 84.1 Å². The van der Waals surface area contributed by atoms with Crippen molar-refractivity contribution in [2.75, 3.05) is 133 Å². The van der Waals surface area contributed by atoms with Gasteiger partial charge < -0.3 is 91.3 Å². The van der Waals surface area contributed by atoms with E-state index in [9.17, 15) is 33.9 Å². The number of halogens is 3. The number of rotatable bonds is 20. The number of nitrogens with one attached hydrogen (secondary N) is 2. The van der Waals surface area contributed by atoms with Crippen molar-refractivity contribution in [1.29, 1.82) is 0 Å². The van der Waals surface area contributed by atoms with Gasteiger partial charge in [-0.15, -0.1) is 0 Å². The van der Waals surface area contributed by atoms with Gasteiger partial charge in [-0.2, -0.15) is 0 Å². The Hall–Kier alpha value is -12.9. The Balaban J connectivity index is 0.000000160. The van der Waals surface area contributed by atoms with Gasteiger partial charge in [-0.05, 0) is 240 Å². The summed E-state index contributed by atoms with van der Waals surface area (Å²) in [4.78, 5) is 75.7. The van der Waals surface area contributed by atoms with Gasteiger partial charge in [0.15, 0.2) is 85.3 Å². The normalized spacial score (nSPS) is 12.6. The Morgan fingerprint density at radius 1 is 0.354 bits per heavy atom. The van der Waals surface area contributed by atoms with Crippen molar-refractivity contribution in [2.24, 2.45) is 0 Å². The topological polar surface area (TPSA) is 305 Å². The van der Waals surface area contributed by atoms with Gasteiger partial charge in [-0.25, -0.2) is 0 Å². The van der Waals surface area contributed by atoms with Crippen LogP contribution in [0.5, 0.6) is 69.0 Å². The summed E-state index contributed by atoms with van der Waals surface area (Å²) in [5, 5.41) is 27.3. The summed E-state index contributed by atoms with van der Waals surface area (Å²) < 4.78 is 72.3. The van der Waals surface area contributed by atoms with Crippen LogP contribution in [0.25, 0.3) is 73.0 Å². The highest BCUT2D eigenvalue weighted by Gasteiger charge is 2.20. The van der Waals surface area contributed by atoms with Gasteiger partial charge in [0.1, 0.15) is 51.8 Å². The van der Waals surface area contributed by atoms with Crippen molar-refractivity contribution >= 4 is 116 Å². The first-order valence-electron chi connectivity index (χ1n) is 40.6. The number of fused-ring (bicyclic) bond motifs is 3. The summed E-state index contributed by atoms with van der Waals surface area (Å²) in [7, 11) is 15.7. The van der Waals surface area contributed by atoms with Gasteiger partial charge in [0.2, 0.25) is 0 Å². The molecule has 0 spiro atoms. The zero-order valence-corrected chi connectivity index (χ0v) is 77.1. The largest absolute Gasteiger partial charge is 0.507 e. The van der Waals surface area contributed by atoms with Gasteiger partial charge in [-0.1, -0.05) is 66.4 Å². The van der Waals surface area contributed by atoms with E-state index in [4.69, 9.17) is 65.7 Å². The predicted octanol–water partition coefficient (Wildman–Crippen LogP) is 20.3. The van der Waals surface area contributed by atoms with Crippen LogP contribution in [0.2, 0.25) is 0 Å². The molecule has 0 aliphatic carbocycles. The fourth-order valence-electron chi connectivity index (χ4n) is 13.7. The number of ether oxygens (including phenoxy) is 10. The number of benzene rings is 10. The number of anilines is 2. The average Bonchev–Trinajstić information content (AvgIpc) is 0.789. The number of phenolic OH excluding ortho intramolecular Hbond substituents is 2. The van der Waals surface area contributed by atoms with E-state index in [2.05, 4.69) is 68.2 Å². The lowest BCUT2D eigenvalue weighted by molar-refractivity contribution is 0.101. The minimum Gasteiger partial charge on any atom is -0.507 e. The van der Waals surface area contributed by atoms with Gasteiger partial charge >= 0.3 is 0 Å². The number of phenols is 2. The molecule has 127 heavy (non-hydrogen) atoms. The molecule has 3 aliphatic rings. The maximum Gasteiger partial charge on any atom is 0.193 e. The number of methoxy groups -OCH3 is 10. The Bertz CT molecular complexity index is 6000. The second-order valence-corrected chi connectivity index (χ2v) is 31.4. The van der Waals surface area contributed by atoms with Crippen LogP contribution in [-0.2, 0) is 0 Å². The summed E-state index contributed by atoms with van der Waals surface area (Å²) in [6.45, 7) is 9.76.